The second-order valence-electron chi connectivity index (χ2n) is 4.51. The Morgan fingerprint density at radius 3 is 2.05 bits per heavy atom. The Labute approximate surface area is 114 Å². The molecule has 0 atom stereocenters. The molecule has 0 heterocycles. The first-order chi connectivity index (χ1) is 9.12. The lowest BCUT2D eigenvalue weighted by atomic mass is 10.0. The lowest BCUT2D eigenvalue weighted by Crippen LogP contribution is -2.44. The van der Waals surface area contributed by atoms with Crippen molar-refractivity contribution >= 4 is 11.8 Å². The van der Waals surface area contributed by atoms with Crippen LogP contribution in [0, 0.1) is 5.92 Å². The Bertz CT molecular complexity index is 422. The molecule has 2 N–H and O–H groups in total. The molecule has 19 heavy (non-hydrogen) atoms. The molecular weight excluding hydrogens is 240 g/mol. The largest absolute Gasteiger partial charge is 0.273 e. The van der Waals surface area contributed by atoms with Gasteiger partial charge in [0.05, 0.1) is 0 Å². The van der Waals surface area contributed by atoms with Gasteiger partial charge >= 0.3 is 0 Å². The van der Waals surface area contributed by atoms with E-state index in [0.29, 0.717) is 5.56 Å². The molecule has 0 radical (unpaired) electrons. The highest BCUT2D eigenvalue weighted by atomic mass is 16.2. The zero-order valence-corrected chi connectivity index (χ0v) is 11.8. The van der Waals surface area contributed by atoms with Crippen LogP contribution >= 0.6 is 0 Å². The smallest absolute Gasteiger partial charge is 0.269 e. The third-order valence-corrected chi connectivity index (χ3v) is 3.28. The maximum Gasteiger partial charge on any atom is 0.269 e. The van der Waals surface area contributed by atoms with E-state index in [9.17, 15) is 9.59 Å². The van der Waals surface area contributed by atoms with Gasteiger partial charge < -0.3 is 0 Å². The highest BCUT2D eigenvalue weighted by Gasteiger charge is 2.14. The fourth-order valence-corrected chi connectivity index (χ4v) is 1.84. The summed E-state index contributed by atoms with van der Waals surface area (Å²) in [6.07, 6.45) is 2.47. The van der Waals surface area contributed by atoms with Crippen molar-refractivity contribution in [2.24, 2.45) is 5.92 Å². The van der Waals surface area contributed by atoms with E-state index >= 15 is 0 Å². The summed E-state index contributed by atoms with van der Waals surface area (Å²) in [4.78, 5) is 23.5. The van der Waals surface area contributed by atoms with Crippen molar-refractivity contribution in [3.8, 4) is 0 Å². The van der Waals surface area contributed by atoms with Gasteiger partial charge in [-0.3, -0.25) is 20.4 Å². The molecule has 0 aliphatic heterocycles. The van der Waals surface area contributed by atoms with Crippen LogP contribution in [0.15, 0.2) is 24.3 Å². The van der Waals surface area contributed by atoms with Crippen molar-refractivity contribution in [3.05, 3.63) is 35.4 Å². The molecule has 1 aromatic rings. The third kappa shape index (κ3) is 4.39. The van der Waals surface area contributed by atoms with E-state index in [4.69, 9.17) is 0 Å². The highest BCUT2D eigenvalue weighted by molar-refractivity contribution is 5.95. The number of carbonyl (C=O) groups is 2. The normalized spacial score (nSPS) is 10.3. The van der Waals surface area contributed by atoms with Crippen molar-refractivity contribution in [2.75, 3.05) is 0 Å². The molecule has 0 unspecified atom stereocenters. The van der Waals surface area contributed by atoms with Gasteiger partial charge in [-0.25, -0.2) is 0 Å². The van der Waals surface area contributed by atoms with Crippen LogP contribution in [0.1, 0.15) is 49.5 Å². The zero-order chi connectivity index (χ0) is 14.3. The minimum absolute atomic E-state index is 0.0530. The minimum atomic E-state index is -0.290. The Kier molecular flexibility index (Phi) is 6.06. The van der Waals surface area contributed by atoms with Gasteiger partial charge in [-0.2, -0.15) is 0 Å². The van der Waals surface area contributed by atoms with Crippen molar-refractivity contribution in [3.63, 3.8) is 0 Å². The number of rotatable bonds is 5. The summed E-state index contributed by atoms with van der Waals surface area (Å²) < 4.78 is 0. The number of nitrogens with one attached hydrogen (secondary N) is 2. The summed E-state index contributed by atoms with van der Waals surface area (Å²) in [5, 5.41) is 0. The molecule has 0 fully saturated rings. The fraction of sp³-hybridized carbons (Fsp3) is 0.467. The van der Waals surface area contributed by atoms with Gasteiger partial charge in [0.2, 0.25) is 5.91 Å². The summed E-state index contributed by atoms with van der Waals surface area (Å²) in [5.74, 6) is -0.478. The molecule has 1 aromatic carbocycles. The number of hydrogen-bond donors (Lipinski definition) is 2. The molecule has 104 valence electrons. The van der Waals surface area contributed by atoms with E-state index in [2.05, 4.69) is 17.8 Å². The Morgan fingerprint density at radius 2 is 1.58 bits per heavy atom. The van der Waals surface area contributed by atoms with Crippen LogP contribution in [0.4, 0.5) is 0 Å². The lowest BCUT2D eigenvalue weighted by Gasteiger charge is -2.13. The third-order valence-electron chi connectivity index (χ3n) is 3.28. The predicted octanol–water partition coefficient (Wildman–Crippen LogP) is 2.45. The number of amides is 2. The predicted molar refractivity (Wildman–Crippen MR) is 75.5 cm³/mol. The second kappa shape index (κ2) is 7.56. The molecule has 0 saturated heterocycles. The zero-order valence-electron chi connectivity index (χ0n) is 11.8. The number of hydrazine groups is 1. The standard InChI is InChI=1S/C15H22N2O2/c1-4-11-7-9-13(10-8-11)15(19)17-16-14(18)12(5-2)6-3/h7-10,12H,4-6H2,1-3H3,(H,16,18)(H,17,19). The van der Waals surface area contributed by atoms with Gasteiger partial charge in [0.25, 0.3) is 5.91 Å². The van der Waals surface area contributed by atoms with Crippen LogP contribution in [0.5, 0.6) is 0 Å². The molecule has 0 spiro atoms. The Balaban J connectivity index is 2.52. The maximum atomic E-state index is 11.8. The number of benzene rings is 1. The first-order valence-electron chi connectivity index (χ1n) is 6.81. The van der Waals surface area contributed by atoms with Gasteiger partial charge in [-0.15, -0.1) is 0 Å². The molecule has 4 heteroatoms. The van der Waals surface area contributed by atoms with E-state index in [-0.39, 0.29) is 17.7 Å². The monoisotopic (exact) mass is 262 g/mol. The van der Waals surface area contributed by atoms with E-state index in [1.807, 2.05) is 26.0 Å². The summed E-state index contributed by atoms with van der Waals surface area (Å²) in [5.41, 5.74) is 6.64. The van der Waals surface area contributed by atoms with Crippen molar-refractivity contribution in [2.45, 2.75) is 40.0 Å². The maximum absolute atomic E-state index is 11.8. The lowest BCUT2D eigenvalue weighted by molar-refractivity contribution is -0.125. The van der Waals surface area contributed by atoms with Gasteiger partial charge in [0, 0.05) is 11.5 Å². The molecule has 0 saturated carbocycles. The second-order valence-corrected chi connectivity index (χ2v) is 4.51. The first kappa shape index (κ1) is 15.2. The molecule has 4 nitrogen and oxygen atoms in total. The molecule has 0 aliphatic carbocycles. The number of carbonyl (C=O) groups excluding carboxylic acids is 2. The topological polar surface area (TPSA) is 58.2 Å². The van der Waals surface area contributed by atoms with Crippen LogP contribution in [0.25, 0.3) is 0 Å². The van der Waals surface area contributed by atoms with Crippen molar-refractivity contribution in [1.82, 2.24) is 10.9 Å². The molecular formula is C15H22N2O2. The van der Waals surface area contributed by atoms with E-state index in [1.165, 1.54) is 5.56 Å². The molecule has 0 aliphatic rings. The Morgan fingerprint density at radius 1 is 1.00 bits per heavy atom. The molecule has 2 amide bonds. The van der Waals surface area contributed by atoms with Crippen LogP contribution < -0.4 is 10.9 Å². The van der Waals surface area contributed by atoms with Gasteiger partial charge in [0.15, 0.2) is 0 Å². The van der Waals surface area contributed by atoms with E-state index in [0.717, 1.165) is 19.3 Å². The summed E-state index contributed by atoms with van der Waals surface area (Å²) in [6.45, 7) is 5.98. The average Bonchev–Trinajstić information content (AvgIpc) is 2.46. The first-order valence-corrected chi connectivity index (χ1v) is 6.81. The number of hydrogen-bond acceptors (Lipinski definition) is 2. The van der Waals surface area contributed by atoms with Gasteiger partial charge in [0.1, 0.15) is 0 Å². The minimum Gasteiger partial charge on any atom is -0.273 e. The average molecular weight is 262 g/mol. The van der Waals surface area contributed by atoms with Crippen LogP contribution in [0.2, 0.25) is 0 Å². The van der Waals surface area contributed by atoms with Crippen molar-refractivity contribution in [1.29, 1.82) is 0 Å². The molecule has 1 rings (SSSR count). The fourth-order valence-electron chi connectivity index (χ4n) is 1.84. The van der Waals surface area contributed by atoms with E-state index < -0.39 is 0 Å². The van der Waals surface area contributed by atoms with Crippen LogP contribution in [0.3, 0.4) is 0 Å². The van der Waals surface area contributed by atoms with E-state index in [1.54, 1.807) is 12.1 Å². The van der Waals surface area contributed by atoms with Crippen molar-refractivity contribution < 1.29 is 9.59 Å². The molecule has 0 bridgehead atoms. The molecule has 0 aromatic heterocycles. The summed E-state index contributed by atoms with van der Waals surface area (Å²) in [6, 6.07) is 7.35. The van der Waals surface area contributed by atoms with Gasteiger partial charge in [-0.1, -0.05) is 32.9 Å². The quantitative estimate of drug-likeness (QED) is 0.801. The number of aryl methyl sites for hydroxylation is 1. The SMILES string of the molecule is CCc1ccc(C(=O)NNC(=O)C(CC)CC)cc1. The highest BCUT2D eigenvalue weighted by Crippen LogP contribution is 2.07. The van der Waals surface area contributed by atoms with Gasteiger partial charge in [-0.05, 0) is 37.0 Å². The van der Waals surface area contributed by atoms with Crippen LogP contribution in [-0.2, 0) is 11.2 Å². The Hall–Kier alpha value is -1.84. The van der Waals surface area contributed by atoms with Crippen LogP contribution in [-0.4, -0.2) is 11.8 Å². The summed E-state index contributed by atoms with van der Waals surface area (Å²) >= 11 is 0. The summed E-state index contributed by atoms with van der Waals surface area (Å²) in [7, 11) is 0.